The minimum absolute atomic E-state index is 0.294. The molecule has 0 aromatic heterocycles. The van der Waals surface area contributed by atoms with E-state index >= 15 is 0 Å². The van der Waals surface area contributed by atoms with Crippen LogP contribution in [0.4, 0.5) is 0 Å². The van der Waals surface area contributed by atoms with Crippen LogP contribution in [0, 0.1) is 0 Å². The molecular formula is C84H52. The first-order valence-electron chi connectivity index (χ1n) is 29.8. The van der Waals surface area contributed by atoms with Gasteiger partial charge in [0.05, 0.1) is 0 Å². The largest absolute Gasteiger partial charge is 0.0619 e. The Balaban J connectivity index is 0.000000129. The fourth-order valence-electron chi connectivity index (χ4n) is 16.4. The second kappa shape index (κ2) is 17.6. The van der Waals surface area contributed by atoms with E-state index in [0.29, 0.717) is 23.7 Å². The lowest BCUT2D eigenvalue weighted by Gasteiger charge is -2.42. The van der Waals surface area contributed by atoms with Gasteiger partial charge < -0.3 is 0 Å². The normalized spacial score (nSPS) is 16.6. The Kier molecular flexibility index (Phi) is 9.66. The van der Waals surface area contributed by atoms with Crippen LogP contribution in [-0.4, -0.2) is 0 Å². The zero-order valence-electron chi connectivity index (χ0n) is 46.0. The van der Waals surface area contributed by atoms with Gasteiger partial charge in [-0.15, -0.1) is 0 Å². The van der Waals surface area contributed by atoms with Crippen molar-refractivity contribution in [1.82, 2.24) is 0 Å². The Hall–Kier alpha value is -10.4. The van der Waals surface area contributed by atoms with Crippen LogP contribution >= 0.6 is 0 Å². The Labute approximate surface area is 487 Å². The van der Waals surface area contributed by atoms with Gasteiger partial charge in [0.1, 0.15) is 0 Å². The molecule has 0 fully saturated rings. The zero-order valence-corrected chi connectivity index (χ0v) is 46.0. The van der Waals surface area contributed by atoms with E-state index in [9.17, 15) is 0 Å². The summed E-state index contributed by atoms with van der Waals surface area (Å²) in [6.45, 7) is 0. The van der Waals surface area contributed by atoms with Crippen molar-refractivity contribution < 1.29 is 0 Å². The van der Waals surface area contributed by atoms with Gasteiger partial charge in [-0.05, 0) is 224 Å². The zero-order chi connectivity index (χ0) is 54.7. The molecule has 16 aromatic rings. The molecule has 0 saturated heterocycles. The van der Waals surface area contributed by atoms with Gasteiger partial charge in [0.2, 0.25) is 0 Å². The highest BCUT2D eigenvalue weighted by Crippen LogP contribution is 2.58. The molecule has 0 aliphatic heterocycles. The number of hydrogen-bond donors (Lipinski definition) is 0. The molecule has 0 atom stereocenters. The molecule has 6 aliphatic rings. The first-order chi connectivity index (χ1) is 41.7. The van der Waals surface area contributed by atoms with Crippen LogP contribution in [0.3, 0.4) is 0 Å². The standard InChI is InChI=1S/C48H30.C36H22/c1-5-13-37-33(9-1)45-34-10-2-6-14-38(34)47(37)43-25-31-21-27(17-19-29(31)23-41(43)45)28-18-20-30-24-42-44(26-32(30)22-28)48-39-15-7-3-11-35(39)46(42)36-12-4-8-16-40(36)48;1-3-13-29-25(9-1)27-11-5-7-15-31(27)35-21-23(17-19-33(29)35)24-18-20-34-30-14-4-2-10-26(30)28-12-6-8-16-32(28)36(34)22-24/h1-26,45-48H;1-22H. The van der Waals surface area contributed by atoms with E-state index in [-0.39, 0.29) is 0 Å². The molecule has 0 radical (unpaired) electrons. The molecule has 84 heavy (non-hydrogen) atoms. The van der Waals surface area contributed by atoms with E-state index in [1.54, 1.807) is 0 Å². The maximum absolute atomic E-state index is 2.50. The fourth-order valence-corrected chi connectivity index (χ4v) is 16.4. The third-order valence-electron chi connectivity index (χ3n) is 20.0. The molecule has 0 heterocycles. The van der Waals surface area contributed by atoms with Gasteiger partial charge in [-0.2, -0.15) is 0 Å². The molecule has 0 amide bonds. The van der Waals surface area contributed by atoms with E-state index in [4.69, 9.17) is 0 Å². The maximum atomic E-state index is 2.50. The van der Waals surface area contributed by atoms with Crippen LogP contribution in [0.15, 0.2) is 291 Å². The average Bonchev–Trinajstić information content (AvgIpc) is 1.24. The lowest BCUT2D eigenvalue weighted by atomic mass is 9.61. The summed E-state index contributed by atoms with van der Waals surface area (Å²) in [6.07, 6.45) is 0. The highest BCUT2D eigenvalue weighted by molar-refractivity contribution is 6.27. The van der Waals surface area contributed by atoms with E-state index in [0.717, 1.165) is 0 Å². The van der Waals surface area contributed by atoms with E-state index in [1.165, 1.54) is 175 Å². The summed E-state index contributed by atoms with van der Waals surface area (Å²) in [4.78, 5) is 0. The topological polar surface area (TPSA) is 0 Å². The summed E-state index contributed by atoms with van der Waals surface area (Å²) >= 11 is 0. The van der Waals surface area contributed by atoms with Crippen molar-refractivity contribution in [1.29, 1.82) is 0 Å². The Morgan fingerprint density at radius 3 is 0.607 bits per heavy atom. The minimum atomic E-state index is 0.294. The quantitative estimate of drug-likeness (QED) is 0.151. The van der Waals surface area contributed by atoms with E-state index in [2.05, 4.69) is 291 Å². The van der Waals surface area contributed by atoms with Crippen molar-refractivity contribution in [2.24, 2.45) is 0 Å². The van der Waals surface area contributed by atoms with Crippen LogP contribution < -0.4 is 0 Å². The van der Waals surface area contributed by atoms with Gasteiger partial charge in [-0.25, -0.2) is 0 Å². The molecule has 388 valence electrons. The molecule has 22 rings (SSSR count). The molecule has 0 unspecified atom stereocenters. The predicted molar refractivity (Wildman–Crippen MR) is 353 cm³/mol. The summed E-state index contributed by atoms with van der Waals surface area (Å²) in [5.74, 6) is 1.20. The molecule has 0 spiro atoms. The third kappa shape index (κ3) is 6.54. The van der Waals surface area contributed by atoms with Crippen molar-refractivity contribution in [3.63, 3.8) is 0 Å². The monoisotopic (exact) mass is 1060 g/mol. The number of hydrogen-bond acceptors (Lipinski definition) is 0. The number of rotatable bonds is 2. The summed E-state index contributed by atoms with van der Waals surface area (Å²) < 4.78 is 0. The average molecular weight is 1060 g/mol. The molecule has 4 bridgehead atoms. The van der Waals surface area contributed by atoms with Gasteiger partial charge in [-0.1, -0.05) is 243 Å². The second-order valence-corrected chi connectivity index (χ2v) is 24.0. The first kappa shape index (κ1) is 46.2. The number of benzene rings is 16. The van der Waals surface area contributed by atoms with Crippen LogP contribution in [0.1, 0.15) is 90.4 Å². The Morgan fingerprint density at radius 2 is 0.333 bits per heavy atom. The highest BCUT2D eigenvalue weighted by Gasteiger charge is 2.42. The fraction of sp³-hybridized carbons (Fsp3) is 0.0476. The molecule has 0 N–H and O–H groups in total. The summed E-state index contributed by atoms with van der Waals surface area (Å²) in [5.41, 5.74) is 22.8. The number of fused-ring (bicyclic) bond motifs is 14. The highest BCUT2D eigenvalue weighted by atomic mass is 14.5. The van der Waals surface area contributed by atoms with Crippen LogP contribution in [0.2, 0.25) is 0 Å². The Morgan fingerprint density at radius 1 is 0.131 bits per heavy atom. The smallest absolute Gasteiger partial charge is 0.0349 e. The van der Waals surface area contributed by atoms with Crippen LogP contribution in [-0.2, 0) is 0 Å². The summed E-state index contributed by atoms with van der Waals surface area (Å²) in [6, 6.07) is 110. The van der Waals surface area contributed by atoms with Crippen LogP contribution in [0.25, 0.3) is 108 Å². The van der Waals surface area contributed by atoms with E-state index in [1.807, 2.05) is 0 Å². The maximum Gasteiger partial charge on any atom is 0.0349 e. The molecule has 16 aromatic carbocycles. The van der Waals surface area contributed by atoms with Crippen molar-refractivity contribution in [2.45, 2.75) is 23.7 Å². The summed E-state index contributed by atoms with van der Waals surface area (Å²) in [5, 5.41) is 21.0. The molecule has 0 nitrogen and oxygen atoms in total. The van der Waals surface area contributed by atoms with Crippen molar-refractivity contribution in [3.05, 3.63) is 358 Å². The van der Waals surface area contributed by atoms with E-state index < -0.39 is 0 Å². The summed E-state index contributed by atoms with van der Waals surface area (Å²) in [7, 11) is 0. The lowest BCUT2D eigenvalue weighted by molar-refractivity contribution is 0.756. The van der Waals surface area contributed by atoms with Crippen molar-refractivity contribution >= 4 is 86.2 Å². The van der Waals surface area contributed by atoms with Gasteiger partial charge >= 0.3 is 0 Å². The minimum Gasteiger partial charge on any atom is -0.0619 e. The van der Waals surface area contributed by atoms with Gasteiger partial charge in [-0.3, -0.25) is 0 Å². The molecule has 0 saturated carbocycles. The molecular weight excluding hydrogens is 1010 g/mol. The second-order valence-electron chi connectivity index (χ2n) is 24.0. The molecule has 0 heteroatoms. The third-order valence-corrected chi connectivity index (χ3v) is 20.0. The van der Waals surface area contributed by atoms with Crippen LogP contribution in [0.5, 0.6) is 0 Å². The van der Waals surface area contributed by atoms with Crippen molar-refractivity contribution in [3.8, 4) is 22.3 Å². The van der Waals surface area contributed by atoms with Gasteiger partial charge in [0, 0.05) is 23.7 Å². The van der Waals surface area contributed by atoms with Crippen molar-refractivity contribution in [2.75, 3.05) is 0 Å². The lowest BCUT2D eigenvalue weighted by Crippen LogP contribution is -2.27. The first-order valence-corrected chi connectivity index (χ1v) is 29.8. The van der Waals surface area contributed by atoms with Gasteiger partial charge in [0.15, 0.2) is 0 Å². The SMILES string of the molecule is c1ccc2c(c1)C1c3ccccc3C2c2cc3cc(-c4ccc5cc6c(cc5c4)C4c5ccccc5C6c5ccccc54)ccc3cc21.c1ccc2c(c1)c1ccccc1c1cc(-c3ccc4c5ccccc5c5ccccc5c4c3)ccc21. The molecule has 6 aliphatic carbocycles. The van der Waals surface area contributed by atoms with Gasteiger partial charge in [0.25, 0.3) is 0 Å². The Bertz CT molecular complexity index is 5030. The predicted octanol–water partition coefficient (Wildman–Crippen LogP) is 21.9.